The minimum absolute atomic E-state index is 0.117. The van der Waals surface area contributed by atoms with Gasteiger partial charge < -0.3 is 5.11 Å². The number of aliphatic hydroxyl groups excluding tert-OH is 1. The fourth-order valence-corrected chi connectivity index (χ4v) is 3.98. The van der Waals surface area contributed by atoms with Crippen molar-refractivity contribution in [2.45, 2.75) is 31.1 Å². The Kier molecular flexibility index (Phi) is 4.26. The number of hydrogen-bond donors (Lipinski definition) is 1. The summed E-state index contributed by atoms with van der Waals surface area (Å²) in [5.41, 5.74) is 3.24. The third-order valence-corrected chi connectivity index (χ3v) is 5.28. The van der Waals surface area contributed by atoms with Gasteiger partial charge in [0.15, 0.2) is 0 Å². The van der Waals surface area contributed by atoms with Crippen LogP contribution in [0.2, 0.25) is 10.0 Å². The normalized spacial score (nSPS) is 21.1. The second-order valence-electron chi connectivity index (χ2n) is 5.83. The third-order valence-electron chi connectivity index (χ3n) is 4.57. The molecule has 0 saturated carbocycles. The van der Waals surface area contributed by atoms with Crippen molar-refractivity contribution in [3.05, 3.63) is 69.2 Å². The van der Waals surface area contributed by atoms with Gasteiger partial charge in [-0.1, -0.05) is 53.5 Å². The molecule has 0 aliphatic heterocycles. The molecule has 2 aromatic carbocycles. The van der Waals surface area contributed by atoms with Crippen LogP contribution in [0.5, 0.6) is 0 Å². The summed E-state index contributed by atoms with van der Waals surface area (Å²) in [5.74, 6) is 0. The van der Waals surface area contributed by atoms with Crippen molar-refractivity contribution in [2.75, 3.05) is 6.61 Å². The lowest BCUT2D eigenvalue weighted by Gasteiger charge is -2.38. The van der Waals surface area contributed by atoms with Crippen LogP contribution in [-0.2, 0) is 18.3 Å². The van der Waals surface area contributed by atoms with Gasteiger partial charge in [-0.05, 0) is 54.5 Å². The SMILES string of the molecule is OCC1(Cc2c(Cl)cccc2Cl)CCCc2ccccc21. The monoisotopic (exact) mass is 320 g/mol. The standard InChI is InChI=1S/C18H18Cl2O/c19-16-8-3-9-17(20)14(16)11-18(12-21)10-4-6-13-5-1-2-7-15(13)18/h1-3,5,7-9,21H,4,6,10-12H2. The maximum Gasteiger partial charge on any atom is 0.0531 e. The van der Waals surface area contributed by atoms with Crippen molar-refractivity contribution >= 4 is 23.2 Å². The Morgan fingerprint density at radius 2 is 1.71 bits per heavy atom. The topological polar surface area (TPSA) is 20.2 Å². The summed E-state index contributed by atoms with van der Waals surface area (Å²) in [5, 5.41) is 11.5. The Labute approximate surface area is 135 Å². The quantitative estimate of drug-likeness (QED) is 0.861. The highest BCUT2D eigenvalue weighted by atomic mass is 35.5. The number of rotatable bonds is 3. The molecule has 0 saturated heterocycles. The van der Waals surface area contributed by atoms with Gasteiger partial charge in [0.1, 0.15) is 0 Å². The Morgan fingerprint density at radius 3 is 2.43 bits per heavy atom. The van der Waals surface area contributed by atoms with Crippen LogP contribution in [0.1, 0.15) is 29.5 Å². The number of halogens is 2. The summed E-state index contributed by atoms with van der Waals surface area (Å²) in [7, 11) is 0. The van der Waals surface area contributed by atoms with E-state index >= 15 is 0 Å². The lowest BCUT2D eigenvalue weighted by molar-refractivity contribution is 0.173. The summed E-state index contributed by atoms with van der Waals surface area (Å²) in [6.45, 7) is 0.117. The smallest absolute Gasteiger partial charge is 0.0531 e. The Bertz CT molecular complexity index is 633. The van der Waals surface area contributed by atoms with E-state index in [0.717, 1.165) is 24.8 Å². The molecular weight excluding hydrogens is 303 g/mol. The first kappa shape index (κ1) is 14.9. The molecule has 0 bridgehead atoms. The van der Waals surface area contributed by atoms with Gasteiger partial charge in [-0.15, -0.1) is 0 Å². The lowest BCUT2D eigenvalue weighted by atomic mass is 9.67. The second-order valence-corrected chi connectivity index (χ2v) is 6.64. The van der Waals surface area contributed by atoms with E-state index in [0.29, 0.717) is 16.5 Å². The first-order valence-corrected chi connectivity index (χ1v) is 8.04. The van der Waals surface area contributed by atoms with E-state index in [4.69, 9.17) is 23.2 Å². The molecule has 3 rings (SSSR count). The predicted octanol–water partition coefficient (Wildman–Crippen LogP) is 4.80. The van der Waals surface area contributed by atoms with E-state index in [1.165, 1.54) is 11.1 Å². The fraction of sp³-hybridized carbons (Fsp3) is 0.333. The number of aliphatic hydroxyl groups is 1. The van der Waals surface area contributed by atoms with Crippen LogP contribution in [0.15, 0.2) is 42.5 Å². The van der Waals surface area contributed by atoms with Crippen LogP contribution >= 0.6 is 23.2 Å². The number of aryl methyl sites for hydroxylation is 1. The first-order chi connectivity index (χ1) is 10.2. The van der Waals surface area contributed by atoms with Gasteiger partial charge in [-0.25, -0.2) is 0 Å². The molecule has 21 heavy (non-hydrogen) atoms. The van der Waals surface area contributed by atoms with Gasteiger partial charge in [-0.3, -0.25) is 0 Å². The first-order valence-electron chi connectivity index (χ1n) is 7.28. The van der Waals surface area contributed by atoms with Crippen LogP contribution in [0.3, 0.4) is 0 Å². The molecule has 1 aliphatic rings. The molecular formula is C18H18Cl2O. The molecule has 1 aliphatic carbocycles. The van der Waals surface area contributed by atoms with Crippen molar-refractivity contribution in [3.8, 4) is 0 Å². The van der Waals surface area contributed by atoms with Crippen LogP contribution < -0.4 is 0 Å². The van der Waals surface area contributed by atoms with E-state index in [-0.39, 0.29) is 12.0 Å². The lowest BCUT2D eigenvalue weighted by Crippen LogP contribution is -2.37. The third kappa shape index (κ3) is 2.70. The summed E-state index contributed by atoms with van der Waals surface area (Å²) in [6.07, 6.45) is 3.80. The largest absolute Gasteiger partial charge is 0.395 e. The van der Waals surface area contributed by atoms with Gasteiger partial charge in [0, 0.05) is 15.5 Å². The van der Waals surface area contributed by atoms with Gasteiger partial charge in [0.25, 0.3) is 0 Å². The van der Waals surface area contributed by atoms with E-state index in [1.807, 2.05) is 24.3 Å². The van der Waals surface area contributed by atoms with E-state index in [9.17, 15) is 5.11 Å². The Morgan fingerprint density at radius 1 is 1.00 bits per heavy atom. The van der Waals surface area contributed by atoms with Crippen molar-refractivity contribution < 1.29 is 5.11 Å². The predicted molar refractivity (Wildman–Crippen MR) is 88.3 cm³/mol. The van der Waals surface area contributed by atoms with Crippen LogP contribution in [0.4, 0.5) is 0 Å². The van der Waals surface area contributed by atoms with E-state index in [1.54, 1.807) is 0 Å². The van der Waals surface area contributed by atoms with Gasteiger partial charge >= 0.3 is 0 Å². The summed E-state index contributed by atoms with van der Waals surface area (Å²) >= 11 is 12.7. The zero-order chi connectivity index (χ0) is 14.9. The summed E-state index contributed by atoms with van der Waals surface area (Å²) < 4.78 is 0. The molecule has 0 radical (unpaired) electrons. The number of fused-ring (bicyclic) bond motifs is 1. The highest BCUT2D eigenvalue weighted by molar-refractivity contribution is 6.36. The molecule has 1 unspecified atom stereocenters. The maximum absolute atomic E-state index is 10.1. The number of benzene rings is 2. The van der Waals surface area contributed by atoms with Crippen molar-refractivity contribution in [1.82, 2.24) is 0 Å². The molecule has 3 heteroatoms. The molecule has 0 heterocycles. The zero-order valence-electron chi connectivity index (χ0n) is 11.8. The molecule has 1 nitrogen and oxygen atoms in total. The Hall–Kier alpha value is -1.02. The van der Waals surface area contributed by atoms with Gasteiger partial charge in [0.05, 0.1) is 6.61 Å². The summed E-state index contributed by atoms with van der Waals surface area (Å²) in [4.78, 5) is 0. The summed E-state index contributed by atoms with van der Waals surface area (Å²) in [6, 6.07) is 14.0. The van der Waals surface area contributed by atoms with Crippen LogP contribution in [0.25, 0.3) is 0 Å². The Balaban J connectivity index is 2.07. The van der Waals surface area contributed by atoms with Gasteiger partial charge in [0.2, 0.25) is 0 Å². The fourth-order valence-electron chi connectivity index (χ4n) is 3.45. The molecule has 1 atom stereocenters. The van der Waals surface area contributed by atoms with E-state index in [2.05, 4.69) is 18.2 Å². The average molecular weight is 321 g/mol. The van der Waals surface area contributed by atoms with E-state index < -0.39 is 0 Å². The highest BCUT2D eigenvalue weighted by Gasteiger charge is 2.36. The maximum atomic E-state index is 10.1. The highest BCUT2D eigenvalue weighted by Crippen LogP contribution is 2.42. The number of hydrogen-bond acceptors (Lipinski definition) is 1. The van der Waals surface area contributed by atoms with Crippen molar-refractivity contribution in [1.29, 1.82) is 0 Å². The molecule has 110 valence electrons. The minimum Gasteiger partial charge on any atom is -0.395 e. The molecule has 0 amide bonds. The van der Waals surface area contributed by atoms with Crippen molar-refractivity contribution in [2.24, 2.45) is 0 Å². The minimum atomic E-state index is -0.274. The molecule has 0 aromatic heterocycles. The molecule has 0 spiro atoms. The van der Waals surface area contributed by atoms with Crippen LogP contribution in [0, 0.1) is 0 Å². The van der Waals surface area contributed by atoms with Gasteiger partial charge in [-0.2, -0.15) is 0 Å². The zero-order valence-corrected chi connectivity index (χ0v) is 13.3. The second kappa shape index (κ2) is 6.00. The molecule has 0 fully saturated rings. The van der Waals surface area contributed by atoms with Crippen molar-refractivity contribution in [3.63, 3.8) is 0 Å². The molecule has 2 aromatic rings. The average Bonchev–Trinajstić information content (AvgIpc) is 2.51. The van der Waals surface area contributed by atoms with Crippen LogP contribution in [-0.4, -0.2) is 11.7 Å². The molecule has 1 N–H and O–H groups in total.